The Hall–Kier alpha value is -1.36. The lowest BCUT2D eigenvalue weighted by Crippen LogP contribution is -2.21. The Morgan fingerprint density at radius 3 is 2.42 bits per heavy atom. The third-order valence-electron chi connectivity index (χ3n) is 3.86. The van der Waals surface area contributed by atoms with Crippen LogP contribution in [0.2, 0.25) is 10.0 Å². The molecule has 24 heavy (non-hydrogen) atoms. The highest BCUT2D eigenvalue weighted by Crippen LogP contribution is 2.32. The third-order valence-corrected chi connectivity index (χ3v) is 5.36. The molecule has 0 aromatic heterocycles. The molecule has 1 amide bonds. The molecule has 1 aliphatic rings. The normalized spacial score (nSPS) is 14.0. The highest BCUT2D eigenvalue weighted by atomic mass is 35.5. The van der Waals surface area contributed by atoms with Crippen molar-refractivity contribution < 1.29 is 4.79 Å². The molecule has 2 aromatic carbocycles. The molecule has 3 nitrogen and oxygen atoms in total. The number of nitrogens with one attached hydrogen (secondary N) is 1. The van der Waals surface area contributed by atoms with Gasteiger partial charge in [-0.3, -0.25) is 4.79 Å². The second kappa shape index (κ2) is 8.15. The molecule has 0 radical (unpaired) electrons. The lowest BCUT2D eigenvalue weighted by Gasteiger charge is -2.21. The molecule has 2 aromatic rings. The van der Waals surface area contributed by atoms with E-state index in [9.17, 15) is 4.79 Å². The fraction of sp³-hybridized carbons (Fsp3) is 0.278. The molecule has 0 aliphatic carbocycles. The molecular weight excluding hydrogens is 363 g/mol. The molecule has 1 heterocycles. The number of carbonyl (C=O) groups is 1. The van der Waals surface area contributed by atoms with Gasteiger partial charge in [-0.05, 0) is 55.3 Å². The SMILES string of the molecule is O=C(CSc1ccc(Cl)cc1)Nc1cc(Cl)ccc1N1CCCC1. The van der Waals surface area contributed by atoms with Crippen LogP contribution in [-0.2, 0) is 4.79 Å². The number of rotatable bonds is 5. The second-order valence-electron chi connectivity index (χ2n) is 5.65. The molecular formula is C18H18Cl2N2OS. The number of hydrogen-bond donors (Lipinski definition) is 1. The zero-order valence-electron chi connectivity index (χ0n) is 13.1. The van der Waals surface area contributed by atoms with Crippen molar-refractivity contribution in [2.75, 3.05) is 29.1 Å². The average Bonchev–Trinajstić information content (AvgIpc) is 3.09. The van der Waals surface area contributed by atoms with Crippen molar-refractivity contribution in [2.45, 2.75) is 17.7 Å². The van der Waals surface area contributed by atoms with E-state index in [-0.39, 0.29) is 5.91 Å². The quantitative estimate of drug-likeness (QED) is 0.711. The smallest absolute Gasteiger partial charge is 0.234 e. The monoisotopic (exact) mass is 380 g/mol. The fourth-order valence-corrected chi connectivity index (χ4v) is 3.70. The summed E-state index contributed by atoms with van der Waals surface area (Å²) in [6.45, 7) is 2.04. The lowest BCUT2D eigenvalue weighted by atomic mass is 10.2. The first-order valence-electron chi connectivity index (χ1n) is 7.84. The van der Waals surface area contributed by atoms with Gasteiger partial charge in [0, 0.05) is 28.0 Å². The van der Waals surface area contributed by atoms with Crippen molar-refractivity contribution in [3.63, 3.8) is 0 Å². The van der Waals surface area contributed by atoms with Crippen molar-refractivity contribution in [2.24, 2.45) is 0 Å². The van der Waals surface area contributed by atoms with Crippen molar-refractivity contribution in [3.05, 3.63) is 52.5 Å². The zero-order valence-corrected chi connectivity index (χ0v) is 15.4. The summed E-state index contributed by atoms with van der Waals surface area (Å²) in [5, 5.41) is 4.31. The van der Waals surface area contributed by atoms with Crippen LogP contribution in [0.5, 0.6) is 0 Å². The molecule has 1 aliphatic heterocycles. The van der Waals surface area contributed by atoms with Crippen LogP contribution in [0.3, 0.4) is 0 Å². The van der Waals surface area contributed by atoms with Crippen molar-refractivity contribution in [3.8, 4) is 0 Å². The fourth-order valence-electron chi connectivity index (χ4n) is 2.71. The minimum Gasteiger partial charge on any atom is -0.370 e. The number of anilines is 2. The van der Waals surface area contributed by atoms with Crippen molar-refractivity contribution in [1.29, 1.82) is 0 Å². The molecule has 1 fully saturated rings. The minimum absolute atomic E-state index is 0.0438. The van der Waals surface area contributed by atoms with Gasteiger partial charge in [0.2, 0.25) is 5.91 Å². The van der Waals surface area contributed by atoms with E-state index in [0.29, 0.717) is 15.8 Å². The van der Waals surface area contributed by atoms with Crippen LogP contribution >= 0.6 is 35.0 Å². The number of carbonyl (C=O) groups excluding carboxylic acids is 1. The van der Waals surface area contributed by atoms with Crippen molar-refractivity contribution in [1.82, 2.24) is 0 Å². The van der Waals surface area contributed by atoms with Crippen molar-refractivity contribution >= 4 is 52.2 Å². The molecule has 0 saturated carbocycles. The Balaban J connectivity index is 1.65. The summed E-state index contributed by atoms with van der Waals surface area (Å²) in [5.74, 6) is 0.297. The summed E-state index contributed by atoms with van der Waals surface area (Å²) >= 11 is 13.5. The van der Waals surface area contributed by atoms with E-state index in [1.807, 2.05) is 42.5 Å². The Morgan fingerprint density at radius 2 is 1.71 bits per heavy atom. The average molecular weight is 381 g/mol. The van der Waals surface area contributed by atoms with Gasteiger partial charge in [0.1, 0.15) is 0 Å². The first-order valence-corrected chi connectivity index (χ1v) is 9.59. The van der Waals surface area contributed by atoms with Crippen LogP contribution in [0, 0.1) is 0 Å². The zero-order chi connectivity index (χ0) is 16.9. The van der Waals surface area contributed by atoms with Gasteiger partial charge in [-0.15, -0.1) is 11.8 Å². The Kier molecular flexibility index (Phi) is 5.93. The molecule has 3 rings (SSSR count). The van der Waals surface area contributed by atoms with Crippen LogP contribution in [0.4, 0.5) is 11.4 Å². The third kappa shape index (κ3) is 4.59. The van der Waals surface area contributed by atoms with E-state index in [2.05, 4.69) is 10.2 Å². The van der Waals surface area contributed by atoms with Crippen LogP contribution in [0.25, 0.3) is 0 Å². The summed E-state index contributed by atoms with van der Waals surface area (Å²) in [7, 11) is 0. The first-order chi connectivity index (χ1) is 11.6. The van der Waals surface area contributed by atoms with E-state index in [1.165, 1.54) is 24.6 Å². The number of hydrogen-bond acceptors (Lipinski definition) is 3. The van der Waals surface area contributed by atoms with Gasteiger partial charge in [-0.1, -0.05) is 23.2 Å². The number of halogens is 2. The summed E-state index contributed by atoms with van der Waals surface area (Å²) in [4.78, 5) is 15.6. The van der Waals surface area contributed by atoms with Gasteiger partial charge in [-0.25, -0.2) is 0 Å². The summed E-state index contributed by atoms with van der Waals surface area (Å²) in [5.41, 5.74) is 1.83. The number of thioether (sulfide) groups is 1. The van der Waals surface area contributed by atoms with Gasteiger partial charge in [0.05, 0.1) is 17.1 Å². The summed E-state index contributed by atoms with van der Waals surface area (Å²) in [6, 6.07) is 13.1. The van der Waals surface area contributed by atoms with Gasteiger partial charge in [-0.2, -0.15) is 0 Å². The highest BCUT2D eigenvalue weighted by Gasteiger charge is 2.17. The molecule has 6 heteroatoms. The van der Waals surface area contributed by atoms with E-state index in [4.69, 9.17) is 23.2 Å². The number of benzene rings is 2. The Labute approximate surface area is 156 Å². The minimum atomic E-state index is -0.0438. The largest absolute Gasteiger partial charge is 0.370 e. The topological polar surface area (TPSA) is 32.3 Å². The standard InChI is InChI=1S/C18H18Cl2N2OS/c19-13-3-6-15(7-4-13)24-12-18(23)21-16-11-14(20)5-8-17(16)22-9-1-2-10-22/h3-8,11H,1-2,9-10,12H2,(H,21,23). The van der Waals surface area contributed by atoms with Gasteiger partial charge < -0.3 is 10.2 Å². The predicted octanol–water partition coefficient (Wildman–Crippen LogP) is 5.32. The molecule has 0 atom stereocenters. The van der Waals surface area contributed by atoms with E-state index >= 15 is 0 Å². The van der Waals surface area contributed by atoms with Gasteiger partial charge in [0.25, 0.3) is 0 Å². The molecule has 1 N–H and O–H groups in total. The second-order valence-corrected chi connectivity index (χ2v) is 7.57. The number of amides is 1. The maximum atomic E-state index is 12.3. The maximum Gasteiger partial charge on any atom is 0.234 e. The van der Waals surface area contributed by atoms with Gasteiger partial charge in [0.15, 0.2) is 0 Å². The van der Waals surface area contributed by atoms with E-state index in [1.54, 1.807) is 0 Å². The lowest BCUT2D eigenvalue weighted by molar-refractivity contribution is -0.113. The summed E-state index contributed by atoms with van der Waals surface area (Å²) in [6.07, 6.45) is 2.37. The molecule has 126 valence electrons. The molecule has 0 unspecified atom stereocenters. The predicted molar refractivity (Wildman–Crippen MR) is 104 cm³/mol. The maximum absolute atomic E-state index is 12.3. The molecule has 1 saturated heterocycles. The Morgan fingerprint density at radius 1 is 1.04 bits per heavy atom. The molecule has 0 spiro atoms. The van der Waals surface area contributed by atoms with Crippen LogP contribution in [0.15, 0.2) is 47.4 Å². The van der Waals surface area contributed by atoms with E-state index in [0.717, 1.165) is 29.4 Å². The number of nitrogens with zero attached hydrogens (tertiary/aromatic N) is 1. The van der Waals surface area contributed by atoms with Crippen LogP contribution < -0.4 is 10.2 Å². The van der Waals surface area contributed by atoms with Gasteiger partial charge >= 0.3 is 0 Å². The van der Waals surface area contributed by atoms with Crippen LogP contribution in [0.1, 0.15) is 12.8 Å². The Bertz CT molecular complexity index is 715. The molecule has 0 bridgehead atoms. The van der Waals surface area contributed by atoms with Crippen LogP contribution in [-0.4, -0.2) is 24.7 Å². The van der Waals surface area contributed by atoms with E-state index < -0.39 is 0 Å². The first kappa shape index (κ1) is 17.5. The summed E-state index contributed by atoms with van der Waals surface area (Å²) < 4.78 is 0. The highest BCUT2D eigenvalue weighted by molar-refractivity contribution is 8.00.